The summed E-state index contributed by atoms with van der Waals surface area (Å²) in [5.74, 6) is -19.8. The number of ether oxygens (including phenoxy) is 5. The number of H-pyrrole nitrogens is 1. The molecule has 3 aromatic carbocycles. The van der Waals surface area contributed by atoms with Crippen LogP contribution in [-0.4, -0.2) is 336 Å². The molecule has 147 heavy (non-hydrogen) atoms. The molecule has 0 radical (unpaired) electrons. The predicted octanol–water partition coefficient (Wildman–Crippen LogP) is 0.883. The van der Waals surface area contributed by atoms with Crippen molar-refractivity contribution in [1.82, 2.24) is 82.5 Å². The van der Waals surface area contributed by atoms with Crippen molar-refractivity contribution < 1.29 is 140 Å². The number of unbranched alkanes of at least 4 members (excludes halogenated alkanes) is 2. The van der Waals surface area contributed by atoms with Gasteiger partial charge >= 0.3 is 35.9 Å². The highest BCUT2D eigenvalue weighted by molar-refractivity contribution is 8.77. The maximum absolute atomic E-state index is 14.5. The number of oxime groups is 1. The number of rotatable bonds is 59. The smallest absolute Gasteiger partial charge is 0.411 e. The number of hydrogen-bond acceptors (Lipinski definition) is 36. The van der Waals surface area contributed by atoms with Gasteiger partial charge in [0.15, 0.2) is 40.1 Å². The van der Waals surface area contributed by atoms with Gasteiger partial charge in [-0.15, -0.1) is 11.8 Å². The molecule has 5 aromatic rings. The van der Waals surface area contributed by atoms with Crippen molar-refractivity contribution >= 4 is 193 Å². The van der Waals surface area contributed by atoms with Gasteiger partial charge in [-0.1, -0.05) is 51.0 Å². The summed E-state index contributed by atoms with van der Waals surface area (Å²) in [7, 11) is 6.92. The summed E-state index contributed by atoms with van der Waals surface area (Å²) >= 11 is 0.577. The summed E-state index contributed by atoms with van der Waals surface area (Å²) in [6, 6.07) is -1.07. The summed E-state index contributed by atoms with van der Waals surface area (Å²) in [5, 5.41) is 85.9. The van der Waals surface area contributed by atoms with Crippen LogP contribution < -0.4 is 94.5 Å². The number of aliphatic carboxylic acids is 5. The Hall–Kier alpha value is -15.9. The van der Waals surface area contributed by atoms with Gasteiger partial charge in [0.2, 0.25) is 59.1 Å². The van der Waals surface area contributed by atoms with E-state index in [0.717, 1.165) is 16.0 Å². The zero-order valence-corrected chi connectivity index (χ0v) is 82.9. The van der Waals surface area contributed by atoms with E-state index in [1.807, 2.05) is 24.5 Å². The summed E-state index contributed by atoms with van der Waals surface area (Å²) in [6.45, 7) is 12.1. The molecule has 2 aromatic heterocycles. The lowest BCUT2D eigenvalue weighted by Gasteiger charge is -2.26. The second kappa shape index (κ2) is 55.2. The number of carbonyl (C=O) groups excluding carboxylic acids is 13. The van der Waals surface area contributed by atoms with Crippen molar-refractivity contribution in [2.45, 2.75) is 175 Å². The lowest BCUT2D eigenvalue weighted by molar-refractivity contribution is -0.144. The molecule has 792 valence electrons. The minimum absolute atomic E-state index is 0.0166. The summed E-state index contributed by atoms with van der Waals surface area (Å²) in [6.07, 6.45) is -0.250. The molecule has 9 atom stereocenters. The fourth-order valence-corrected chi connectivity index (χ4v) is 18.5. The average molecular weight is 2110 g/mol. The largest absolute Gasteiger partial charge is 0.493 e. The minimum atomic E-state index is -2.26. The number of methoxy groups -OCH3 is 2. The number of nitrogen functional groups attached to an aromatic ring is 1. The number of aromatic amines is 1. The van der Waals surface area contributed by atoms with Crippen LogP contribution in [0.2, 0.25) is 0 Å². The first kappa shape index (κ1) is 115. The highest BCUT2D eigenvalue weighted by atomic mass is 33.1. The molecule has 4 aliphatic rings. The number of nitrogens with zero attached hydrogens (tertiary/aromatic N) is 8. The van der Waals surface area contributed by atoms with Crippen molar-refractivity contribution in [2.75, 3.05) is 108 Å². The van der Waals surface area contributed by atoms with E-state index >= 15 is 0 Å². The van der Waals surface area contributed by atoms with Crippen LogP contribution in [0.5, 0.6) is 23.0 Å². The lowest BCUT2D eigenvalue weighted by atomic mass is 10.1. The summed E-state index contributed by atoms with van der Waals surface area (Å²) < 4.78 is 28.7. The number of aromatic nitrogens is 4. The third-order valence-electron chi connectivity index (χ3n) is 22.3. The van der Waals surface area contributed by atoms with Crippen molar-refractivity contribution in [3.8, 4) is 23.0 Å². The van der Waals surface area contributed by atoms with Gasteiger partial charge in [0, 0.05) is 106 Å². The Bertz CT molecular complexity index is 5930. The van der Waals surface area contributed by atoms with E-state index in [9.17, 15) is 117 Å². The molecule has 0 saturated carbocycles. The van der Waals surface area contributed by atoms with E-state index in [1.165, 1.54) is 96.6 Å². The van der Waals surface area contributed by atoms with Gasteiger partial charge < -0.3 is 128 Å². The number of carboxylic acids is 5. The number of anilines is 3. The fraction of sp³-hybridized carbons (Fsp3) is 0.462. The van der Waals surface area contributed by atoms with Gasteiger partial charge in [0.25, 0.3) is 23.3 Å². The van der Waals surface area contributed by atoms with Gasteiger partial charge in [-0.3, -0.25) is 102 Å². The van der Waals surface area contributed by atoms with Crippen molar-refractivity contribution in [2.24, 2.45) is 15.9 Å². The van der Waals surface area contributed by atoms with E-state index in [-0.39, 0.29) is 122 Å². The molecule has 1 unspecified atom stereocenters. The first-order valence-electron chi connectivity index (χ1n) is 45.8. The second-order valence-corrected chi connectivity index (χ2v) is 38.6. The Morgan fingerprint density at radius 1 is 0.660 bits per heavy atom. The van der Waals surface area contributed by atoms with E-state index in [1.54, 1.807) is 23.2 Å². The molecule has 3 fully saturated rings. The Labute approximate surface area is 850 Å². The van der Waals surface area contributed by atoms with Gasteiger partial charge in [-0.25, -0.2) is 24.4 Å². The van der Waals surface area contributed by atoms with Gasteiger partial charge in [-0.05, 0) is 102 Å². The fourth-order valence-electron chi connectivity index (χ4n) is 14.9. The highest BCUT2D eigenvalue weighted by Gasteiger charge is 2.43. The average Bonchev–Trinajstić information content (AvgIpc) is 1.66. The third-order valence-corrected chi connectivity index (χ3v) is 26.9. The Balaban J connectivity index is 0.687. The highest BCUT2D eigenvalue weighted by Crippen LogP contribution is 2.41. The van der Waals surface area contributed by atoms with Crippen LogP contribution in [0.3, 0.4) is 0 Å². The van der Waals surface area contributed by atoms with Crippen LogP contribution in [0.15, 0.2) is 94.0 Å². The second-order valence-electron chi connectivity index (χ2n) is 34.2. The Morgan fingerprint density at radius 2 is 1.26 bits per heavy atom. The number of aliphatic imine (C=N–C) groups is 1. The van der Waals surface area contributed by atoms with E-state index < -0.39 is 222 Å². The van der Waals surface area contributed by atoms with Crippen LogP contribution in [0, 0.1) is 5.41 Å². The number of imide groups is 1. The summed E-state index contributed by atoms with van der Waals surface area (Å²) in [4.78, 5) is 279. The number of carboxylic acid groups (broad SMARTS) is 5. The van der Waals surface area contributed by atoms with Gasteiger partial charge in [0.05, 0.1) is 116 Å². The zero-order valence-electron chi connectivity index (χ0n) is 80.5. The molecular weight excluding hydrogens is 1990 g/mol. The number of thioether (sulfide) groups is 1. The number of carbonyl (C=O) groups is 18. The first-order valence-corrected chi connectivity index (χ1v) is 49.1. The normalized spacial score (nSPS) is 15.9. The quantitative estimate of drug-likeness (QED) is 0.00489. The number of likely N-dealkylation sites (tertiary alicyclic amines) is 2. The first-order chi connectivity index (χ1) is 69.9. The third kappa shape index (κ3) is 35.2. The van der Waals surface area contributed by atoms with Gasteiger partial charge in [0.1, 0.15) is 50.0 Å². The van der Waals surface area contributed by atoms with Gasteiger partial charge in [-0.2, -0.15) is 4.98 Å². The van der Waals surface area contributed by atoms with Crippen LogP contribution in [-0.2, 0) is 83.2 Å². The molecule has 4 aliphatic heterocycles. The molecule has 3 saturated heterocycles. The molecule has 56 heteroatoms. The maximum atomic E-state index is 14.5. The molecule has 0 bridgehead atoms. The van der Waals surface area contributed by atoms with E-state index in [4.69, 9.17) is 45.4 Å². The molecular formula is C91H115N23O30S3. The Morgan fingerprint density at radius 3 is 1.88 bits per heavy atom. The van der Waals surface area contributed by atoms with E-state index in [2.05, 4.69) is 91.1 Å². The number of nitrogens with two attached hydrogens (primary N) is 2. The van der Waals surface area contributed by atoms with Crippen molar-refractivity contribution in [3.63, 3.8) is 0 Å². The number of hydrogen-bond donors (Lipinski definition) is 20. The number of amides is 13. The van der Waals surface area contributed by atoms with Crippen molar-refractivity contribution in [1.29, 1.82) is 5.41 Å². The van der Waals surface area contributed by atoms with Crippen LogP contribution in [0.4, 0.5) is 27.8 Å². The Kier molecular flexibility index (Phi) is 43.1. The molecule has 6 heterocycles. The molecule has 0 aliphatic carbocycles. The zero-order chi connectivity index (χ0) is 107. The van der Waals surface area contributed by atoms with Crippen LogP contribution in [0.25, 0.3) is 11.2 Å². The molecule has 53 nitrogen and oxygen atoms in total. The standard InChI is InChI=1S/C91H115N23O30S3/c1-46-28-51-40-99-57-32-65(63(139-5)30-53(57)83(131)113(51)42-46)142-25-9-8-10-26-143-66-33-58(54(31-64(66)140-6)84(132)114-43-47(2)29-52(114)41-101-141-7)109-90(138)144-45-91(3,4)147-146-27-20-69(116)96-23-22-95-68(115)19-24-112-71(118)37-67(85(112)133)145-44-62(87(136)137)108-81(129)61(36-74(123)124)107-80(128)60(35-73(121)122)106-78(126)55(12-11-21-97-88(92)93)104-79(127)59(34-72(119)120)103-70(117)18-17-56(86(134)135)105-77(125)48-13-15-49(16-14-48)98-38-50-39-100-76-75(102-50)82(130)111-89(94)110-76/h13-16,30-33,39-41,51-52,55-56,59-62,67,98H,1-2,8-12,17-29,34-38,42-45H2,3-7H3,(H,95,115)(H,96,116)(H,103,117)(H,104,127)(H,105,125)(H,106,126)(H,107,128)(H,108,129)(H,109,138)(H,119,120)(H,121,122)(H,123,124)(H,134,135)(H,136,137)(H4,92,93,97)(H3,94,100,110,111,130)/b101-41+/t51-,52-,55-,56-,59-,60-,61-,62-,67?/m0/s1. The van der Waals surface area contributed by atoms with Crippen molar-refractivity contribution in [3.05, 3.63) is 112 Å². The molecule has 0 spiro atoms. The topological polar surface area (TPSA) is 778 Å². The van der Waals surface area contributed by atoms with Crippen LogP contribution in [0.1, 0.15) is 147 Å². The number of benzene rings is 3. The SMILES string of the molecule is C=C1C[C@H]2C=Nc3cc(OCCCCCOc4cc(NC(=O)OCC(C)(C)SSCCC(=O)NCCNC(=O)CCN5C(=O)CC(SC[C@H](NC(=O)[C@H](CC(=O)O)NC(=O)[C@H](CC(=O)O)NC(=O)[C@H](CCCNC(=N)N)NC(=O)[C@H](CC(=O)O)NC(=O)CC[C@H](NC(=O)c6ccc(NCc7cnc8nc(N)[nH]c(=O)c8n7)cc6)C(=O)O)C(=O)O)C5=O)c(C(=O)N5CC(=C)C[C@H]5/C=N/OC)cc4OC)c(OC)cc3C(=O)N2C1. The van der Waals surface area contributed by atoms with E-state index in [0.29, 0.717) is 96.9 Å². The monoisotopic (exact) mass is 2110 g/mol. The maximum Gasteiger partial charge on any atom is 0.411 e. The lowest BCUT2D eigenvalue weighted by Crippen LogP contribution is -2.59. The molecule has 22 N–H and O–H groups in total. The van der Waals surface area contributed by atoms with Crippen LogP contribution >= 0.6 is 33.3 Å². The number of nitrogens with one attached hydrogen (secondary N) is 13. The minimum Gasteiger partial charge on any atom is -0.493 e. The molecule has 13 amide bonds. The number of fused-ring (bicyclic) bond motifs is 3. The summed E-state index contributed by atoms with van der Waals surface area (Å²) in [5.41, 5.74) is 13.7. The predicted molar refractivity (Wildman–Crippen MR) is 531 cm³/mol. The number of guanidine groups is 1. The molecule has 9 rings (SSSR count).